The fourth-order valence-corrected chi connectivity index (χ4v) is 1.40. The lowest BCUT2D eigenvalue weighted by atomic mass is 9.99. The monoisotopic (exact) mass is 284 g/mol. The average Bonchev–Trinajstić information content (AvgIpc) is 2.37. The number of hydrogen-bond acceptors (Lipinski definition) is 4. The number of unbranched alkanes of at least 4 members (excludes halogenated alkanes) is 4. The van der Waals surface area contributed by atoms with Crippen LogP contribution in [0.4, 0.5) is 0 Å². The van der Waals surface area contributed by atoms with E-state index in [1.54, 1.807) is 0 Å². The smallest absolute Gasteiger partial charge is 0.331 e. The first-order chi connectivity index (χ1) is 9.35. The molecule has 0 aliphatic carbocycles. The highest BCUT2D eigenvalue weighted by Gasteiger charge is 2.12. The minimum absolute atomic E-state index is 0.0809. The largest absolute Gasteiger partial charge is 0.463 e. The number of carbonyl (C=O) groups excluding carboxylic acids is 2. The van der Waals surface area contributed by atoms with Crippen LogP contribution in [0.2, 0.25) is 0 Å². The molecule has 0 bridgehead atoms. The zero-order valence-corrected chi connectivity index (χ0v) is 13.2. The highest BCUT2D eigenvalue weighted by molar-refractivity contribution is 5.91. The lowest BCUT2D eigenvalue weighted by Gasteiger charge is -2.16. The summed E-state index contributed by atoms with van der Waals surface area (Å²) < 4.78 is 9.98. The van der Waals surface area contributed by atoms with Crippen LogP contribution in [0.25, 0.3) is 0 Å². The molecule has 0 heterocycles. The van der Waals surface area contributed by atoms with Crippen molar-refractivity contribution in [3.63, 3.8) is 0 Å². The summed E-state index contributed by atoms with van der Waals surface area (Å²) in [6.07, 6.45) is 7.75. The molecular formula is C16H28O4. The van der Waals surface area contributed by atoms with Gasteiger partial charge in [-0.15, -0.1) is 0 Å². The van der Waals surface area contributed by atoms with Crippen LogP contribution < -0.4 is 0 Å². The molecule has 0 spiro atoms. The lowest BCUT2D eigenvalue weighted by molar-refractivity contribution is -0.142. The Hall–Kier alpha value is -1.32. The molecule has 0 aromatic rings. The fraction of sp³-hybridized carbons (Fsp3) is 0.750. The van der Waals surface area contributed by atoms with Crippen molar-refractivity contribution in [2.75, 3.05) is 13.2 Å². The van der Waals surface area contributed by atoms with Crippen molar-refractivity contribution in [2.45, 2.75) is 59.8 Å². The molecule has 0 aromatic carbocycles. The van der Waals surface area contributed by atoms with E-state index in [4.69, 9.17) is 9.47 Å². The van der Waals surface area contributed by atoms with Gasteiger partial charge in [-0.05, 0) is 11.8 Å². The Labute approximate surface area is 122 Å². The van der Waals surface area contributed by atoms with Gasteiger partial charge in [-0.2, -0.15) is 0 Å². The maximum atomic E-state index is 11.3. The fourth-order valence-electron chi connectivity index (χ4n) is 1.40. The number of carbonyl (C=O) groups is 2. The number of esters is 2. The molecular weight excluding hydrogens is 256 g/mol. The van der Waals surface area contributed by atoms with Gasteiger partial charge in [-0.1, -0.05) is 53.4 Å². The van der Waals surface area contributed by atoms with Gasteiger partial charge in [0.1, 0.15) is 0 Å². The van der Waals surface area contributed by atoms with Crippen molar-refractivity contribution < 1.29 is 19.1 Å². The van der Waals surface area contributed by atoms with Crippen LogP contribution in [0, 0.1) is 5.41 Å². The minimum Gasteiger partial charge on any atom is -0.463 e. The Morgan fingerprint density at radius 3 is 2.00 bits per heavy atom. The van der Waals surface area contributed by atoms with Crippen molar-refractivity contribution in [1.82, 2.24) is 0 Å². The molecule has 0 N–H and O–H groups in total. The van der Waals surface area contributed by atoms with Gasteiger partial charge in [0.2, 0.25) is 0 Å². The summed E-state index contributed by atoms with van der Waals surface area (Å²) in [5, 5.41) is 0. The van der Waals surface area contributed by atoms with Gasteiger partial charge in [-0.3, -0.25) is 0 Å². The van der Waals surface area contributed by atoms with E-state index in [-0.39, 0.29) is 5.41 Å². The topological polar surface area (TPSA) is 52.6 Å². The Morgan fingerprint density at radius 2 is 1.45 bits per heavy atom. The second-order valence-electron chi connectivity index (χ2n) is 6.08. The number of hydrogen-bond donors (Lipinski definition) is 0. The molecule has 0 aromatic heterocycles. The van der Waals surface area contributed by atoms with E-state index in [1.165, 1.54) is 19.3 Å². The van der Waals surface area contributed by atoms with Crippen LogP contribution in [-0.2, 0) is 19.1 Å². The van der Waals surface area contributed by atoms with Crippen LogP contribution in [0.1, 0.15) is 59.8 Å². The Kier molecular flexibility index (Phi) is 9.77. The first-order valence-electron chi connectivity index (χ1n) is 7.37. The summed E-state index contributed by atoms with van der Waals surface area (Å²) in [4.78, 5) is 22.6. The first kappa shape index (κ1) is 18.7. The minimum atomic E-state index is -0.514. The molecule has 0 amide bonds. The predicted octanol–water partition coefficient (Wildman–Crippen LogP) is 3.65. The van der Waals surface area contributed by atoms with Crippen molar-refractivity contribution in [1.29, 1.82) is 0 Å². The quantitative estimate of drug-likeness (QED) is 0.368. The standard InChI is InChI=1S/C16H28O4/c1-5-6-7-8-9-12-19-14(17)10-11-15(18)20-13-16(2,3)4/h10-11H,5-9,12-13H2,1-4H3/b11-10+. The van der Waals surface area contributed by atoms with Crippen LogP contribution in [0.5, 0.6) is 0 Å². The third-order valence-electron chi connectivity index (χ3n) is 2.50. The van der Waals surface area contributed by atoms with Crippen molar-refractivity contribution >= 4 is 11.9 Å². The third-order valence-corrected chi connectivity index (χ3v) is 2.50. The lowest BCUT2D eigenvalue weighted by Crippen LogP contribution is -2.17. The maximum Gasteiger partial charge on any atom is 0.331 e. The summed E-state index contributed by atoms with van der Waals surface area (Å²) in [6, 6.07) is 0. The van der Waals surface area contributed by atoms with Crippen LogP contribution >= 0.6 is 0 Å². The van der Waals surface area contributed by atoms with Gasteiger partial charge in [-0.25, -0.2) is 9.59 Å². The molecule has 4 heteroatoms. The van der Waals surface area contributed by atoms with Crippen molar-refractivity contribution in [3.8, 4) is 0 Å². The van der Waals surface area contributed by atoms with Crippen LogP contribution in [0.15, 0.2) is 12.2 Å². The molecule has 0 radical (unpaired) electrons. The SMILES string of the molecule is CCCCCCCOC(=O)/C=C/C(=O)OCC(C)(C)C. The van der Waals surface area contributed by atoms with E-state index in [2.05, 4.69) is 6.92 Å². The van der Waals surface area contributed by atoms with Gasteiger partial charge >= 0.3 is 11.9 Å². The van der Waals surface area contributed by atoms with Crippen molar-refractivity contribution in [2.24, 2.45) is 5.41 Å². The summed E-state index contributed by atoms with van der Waals surface area (Å²) in [5.41, 5.74) is -0.0809. The van der Waals surface area contributed by atoms with Gasteiger partial charge in [0.05, 0.1) is 13.2 Å². The molecule has 0 unspecified atom stereocenters. The zero-order chi connectivity index (χ0) is 15.4. The molecule has 0 saturated heterocycles. The van der Waals surface area contributed by atoms with E-state index in [1.807, 2.05) is 20.8 Å². The van der Waals surface area contributed by atoms with Gasteiger partial charge in [0, 0.05) is 12.2 Å². The molecule has 0 aliphatic heterocycles. The van der Waals surface area contributed by atoms with Crippen LogP contribution in [-0.4, -0.2) is 25.2 Å². The van der Waals surface area contributed by atoms with E-state index in [0.29, 0.717) is 13.2 Å². The summed E-state index contributed by atoms with van der Waals surface area (Å²) in [7, 11) is 0. The molecule has 0 rings (SSSR count). The van der Waals surface area contributed by atoms with Crippen molar-refractivity contribution in [3.05, 3.63) is 12.2 Å². The number of rotatable bonds is 9. The van der Waals surface area contributed by atoms with Gasteiger partial charge < -0.3 is 9.47 Å². The maximum absolute atomic E-state index is 11.3. The van der Waals surface area contributed by atoms with Gasteiger partial charge in [0.25, 0.3) is 0 Å². The molecule has 4 nitrogen and oxygen atoms in total. The van der Waals surface area contributed by atoms with E-state index < -0.39 is 11.9 Å². The highest BCUT2D eigenvalue weighted by atomic mass is 16.5. The van der Waals surface area contributed by atoms with E-state index >= 15 is 0 Å². The van der Waals surface area contributed by atoms with Crippen LogP contribution in [0.3, 0.4) is 0 Å². The summed E-state index contributed by atoms with van der Waals surface area (Å²) in [5.74, 6) is -1.01. The molecule has 0 atom stereocenters. The molecule has 116 valence electrons. The third kappa shape index (κ3) is 13.1. The first-order valence-corrected chi connectivity index (χ1v) is 7.37. The van der Waals surface area contributed by atoms with E-state index in [0.717, 1.165) is 25.0 Å². The molecule has 20 heavy (non-hydrogen) atoms. The average molecular weight is 284 g/mol. The second kappa shape index (κ2) is 10.5. The van der Waals surface area contributed by atoms with Gasteiger partial charge in [0.15, 0.2) is 0 Å². The Balaban J connectivity index is 3.69. The summed E-state index contributed by atoms with van der Waals surface area (Å²) in [6.45, 7) is 8.79. The molecule has 0 aliphatic rings. The van der Waals surface area contributed by atoms with E-state index in [9.17, 15) is 9.59 Å². The highest BCUT2D eigenvalue weighted by Crippen LogP contribution is 2.12. The molecule has 0 fully saturated rings. The predicted molar refractivity (Wildman–Crippen MR) is 79.3 cm³/mol. The molecule has 0 saturated carbocycles. The summed E-state index contributed by atoms with van der Waals surface area (Å²) >= 11 is 0. The number of ether oxygens (including phenoxy) is 2. The zero-order valence-electron chi connectivity index (χ0n) is 13.2. The normalized spacial score (nSPS) is 11.6. The Bertz CT molecular complexity index is 313. The second-order valence-corrected chi connectivity index (χ2v) is 6.08. The Morgan fingerprint density at radius 1 is 0.900 bits per heavy atom.